The van der Waals surface area contributed by atoms with Crippen LogP contribution in [0.4, 0.5) is 8.78 Å². The van der Waals surface area contributed by atoms with Gasteiger partial charge < -0.3 is 0 Å². The Morgan fingerprint density at radius 2 is 2.23 bits per heavy atom. The SMILES string of the molecule is Cc1nc(C(F)F)c(I)cc1CCl. The van der Waals surface area contributed by atoms with E-state index in [1.165, 1.54) is 0 Å². The third kappa shape index (κ3) is 2.49. The van der Waals surface area contributed by atoms with Crippen LogP contribution in [0.5, 0.6) is 0 Å². The van der Waals surface area contributed by atoms with E-state index in [0.717, 1.165) is 5.56 Å². The van der Waals surface area contributed by atoms with Crippen molar-refractivity contribution < 1.29 is 8.78 Å². The molecule has 1 nitrogen and oxygen atoms in total. The fourth-order valence-electron chi connectivity index (χ4n) is 0.926. The fraction of sp³-hybridized carbons (Fsp3) is 0.375. The Labute approximate surface area is 93.6 Å². The molecule has 0 aromatic carbocycles. The van der Waals surface area contributed by atoms with Crippen molar-refractivity contribution in [2.24, 2.45) is 0 Å². The molecule has 5 heteroatoms. The Hall–Kier alpha value is 0.0300. The van der Waals surface area contributed by atoms with Crippen LogP contribution >= 0.6 is 34.2 Å². The number of alkyl halides is 3. The second-order valence-electron chi connectivity index (χ2n) is 2.53. The molecule has 0 N–H and O–H groups in total. The van der Waals surface area contributed by atoms with Crippen LogP contribution in [0.1, 0.15) is 23.4 Å². The average Bonchev–Trinajstić information content (AvgIpc) is 2.07. The Morgan fingerprint density at radius 3 is 2.69 bits per heavy atom. The predicted molar refractivity (Wildman–Crippen MR) is 56.2 cm³/mol. The molecule has 0 bridgehead atoms. The highest BCUT2D eigenvalue weighted by molar-refractivity contribution is 14.1. The van der Waals surface area contributed by atoms with Crippen LogP contribution in [0.3, 0.4) is 0 Å². The molecule has 0 atom stereocenters. The van der Waals surface area contributed by atoms with Crippen molar-refractivity contribution in [3.63, 3.8) is 0 Å². The molecule has 0 aliphatic carbocycles. The lowest BCUT2D eigenvalue weighted by Crippen LogP contribution is -2.00. The molecule has 0 aliphatic heterocycles. The highest BCUT2D eigenvalue weighted by Gasteiger charge is 2.15. The van der Waals surface area contributed by atoms with E-state index in [1.807, 2.05) is 22.6 Å². The van der Waals surface area contributed by atoms with Gasteiger partial charge in [-0.05, 0) is 41.1 Å². The largest absolute Gasteiger partial charge is 0.281 e. The predicted octanol–water partition coefficient (Wildman–Crippen LogP) is 3.67. The molecule has 13 heavy (non-hydrogen) atoms. The van der Waals surface area contributed by atoms with E-state index in [4.69, 9.17) is 11.6 Å². The van der Waals surface area contributed by atoms with E-state index in [9.17, 15) is 8.78 Å². The maximum atomic E-state index is 12.3. The standard InChI is InChI=1S/C8H7ClF2IN/c1-4-5(3-9)2-6(12)7(13-4)8(10)11/h2,8H,3H2,1H3. The molecule has 1 aromatic rings. The zero-order chi connectivity index (χ0) is 10.0. The van der Waals surface area contributed by atoms with Gasteiger partial charge in [-0.3, -0.25) is 4.98 Å². The Balaban J connectivity index is 3.20. The summed E-state index contributed by atoms with van der Waals surface area (Å²) in [4.78, 5) is 3.80. The summed E-state index contributed by atoms with van der Waals surface area (Å²) in [6, 6.07) is 1.65. The van der Waals surface area contributed by atoms with Gasteiger partial charge in [-0.2, -0.15) is 0 Å². The molecular weight excluding hydrogens is 310 g/mol. The van der Waals surface area contributed by atoms with Crippen LogP contribution < -0.4 is 0 Å². The quantitative estimate of drug-likeness (QED) is 0.599. The van der Waals surface area contributed by atoms with Gasteiger partial charge in [0.05, 0.1) is 0 Å². The average molecular weight is 318 g/mol. The second kappa shape index (κ2) is 4.50. The molecule has 0 amide bonds. The lowest BCUT2D eigenvalue weighted by molar-refractivity contribution is 0.145. The topological polar surface area (TPSA) is 12.9 Å². The molecule has 0 saturated heterocycles. The zero-order valence-corrected chi connectivity index (χ0v) is 9.73. The summed E-state index contributed by atoms with van der Waals surface area (Å²) >= 11 is 7.45. The van der Waals surface area contributed by atoms with E-state index >= 15 is 0 Å². The van der Waals surface area contributed by atoms with Gasteiger partial charge in [0.2, 0.25) is 0 Å². The van der Waals surface area contributed by atoms with Crippen molar-refractivity contribution >= 4 is 34.2 Å². The summed E-state index contributed by atoms with van der Waals surface area (Å²) in [6.07, 6.45) is -2.52. The Kier molecular flexibility index (Phi) is 3.85. The summed E-state index contributed by atoms with van der Waals surface area (Å²) in [7, 11) is 0. The molecule has 0 fully saturated rings. The lowest BCUT2D eigenvalue weighted by Gasteiger charge is -2.07. The van der Waals surface area contributed by atoms with Crippen LogP contribution in [-0.4, -0.2) is 4.98 Å². The molecule has 1 aromatic heterocycles. The number of aryl methyl sites for hydroxylation is 1. The number of pyridine rings is 1. The summed E-state index contributed by atoms with van der Waals surface area (Å²) in [5.74, 6) is 0.304. The second-order valence-corrected chi connectivity index (χ2v) is 3.96. The summed E-state index contributed by atoms with van der Waals surface area (Å²) in [6.45, 7) is 1.68. The Morgan fingerprint density at radius 1 is 1.62 bits per heavy atom. The highest BCUT2D eigenvalue weighted by Crippen LogP contribution is 2.24. The third-order valence-corrected chi connectivity index (χ3v) is 2.80. The monoisotopic (exact) mass is 317 g/mol. The summed E-state index contributed by atoms with van der Waals surface area (Å²) in [5, 5.41) is 0. The molecule has 1 rings (SSSR count). The van der Waals surface area contributed by atoms with E-state index < -0.39 is 6.43 Å². The maximum absolute atomic E-state index is 12.3. The van der Waals surface area contributed by atoms with E-state index in [2.05, 4.69) is 4.98 Å². The molecule has 72 valence electrons. The van der Waals surface area contributed by atoms with E-state index in [1.54, 1.807) is 13.0 Å². The molecule has 1 heterocycles. The molecular formula is C8H7ClF2IN. The third-order valence-electron chi connectivity index (χ3n) is 1.65. The van der Waals surface area contributed by atoms with Crippen molar-refractivity contribution in [3.05, 3.63) is 26.6 Å². The first kappa shape index (κ1) is 11.1. The minimum absolute atomic E-state index is 0.160. The number of nitrogens with zero attached hydrogens (tertiary/aromatic N) is 1. The fourth-order valence-corrected chi connectivity index (χ4v) is 1.93. The molecule has 0 spiro atoms. The van der Waals surface area contributed by atoms with E-state index in [-0.39, 0.29) is 5.69 Å². The van der Waals surface area contributed by atoms with Gasteiger partial charge in [-0.1, -0.05) is 0 Å². The van der Waals surface area contributed by atoms with Crippen LogP contribution in [0.2, 0.25) is 0 Å². The van der Waals surface area contributed by atoms with Crippen LogP contribution in [-0.2, 0) is 5.88 Å². The van der Waals surface area contributed by atoms with Gasteiger partial charge in [0, 0.05) is 15.1 Å². The van der Waals surface area contributed by atoms with Crippen molar-refractivity contribution in [1.82, 2.24) is 4.98 Å². The molecule has 0 unspecified atom stereocenters. The first-order valence-electron chi connectivity index (χ1n) is 3.56. The smallest absolute Gasteiger partial charge is 0.251 e. The van der Waals surface area contributed by atoms with Crippen LogP contribution in [0.25, 0.3) is 0 Å². The van der Waals surface area contributed by atoms with Crippen molar-refractivity contribution in [2.45, 2.75) is 19.2 Å². The highest BCUT2D eigenvalue weighted by atomic mass is 127. The maximum Gasteiger partial charge on any atom is 0.281 e. The molecule has 0 saturated carbocycles. The van der Waals surface area contributed by atoms with Crippen LogP contribution in [0, 0.1) is 10.5 Å². The normalized spacial score (nSPS) is 10.9. The number of hydrogen-bond acceptors (Lipinski definition) is 1. The minimum atomic E-state index is -2.52. The first-order chi connectivity index (χ1) is 6.06. The van der Waals surface area contributed by atoms with Crippen molar-refractivity contribution in [2.75, 3.05) is 0 Å². The van der Waals surface area contributed by atoms with Gasteiger partial charge in [-0.25, -0.2) is 8.78 Å². The zero-order valence-electron chi connectivity index (χ0n) is 6.82. The van der Waals surface area contributed by atoms with Gasteiger partial charge >= 0.3 is 0 Å². The van der Waals surface area contributed by atoms with Crippen molar-refractivity contribution in [3.8, 4) is 0 Å². The summed E-state index contributed by atoms with van der Waals surface area (Å²) < 4.78 is 25.2. The molecule has 0 radical (unpaired) electrons. The van der Waals surface area contributed by atoms with Gasteiger partial charge in [0.25, 0.3) is 6.43 Å². The number of aromatic nitrogens is 1. The first-order valence-corrected chi connectivity index (χ1v) is 5.17. The van der Waals surface area contributed by atoms with Crippen LogP contribution in [0.15, 0.2) is 6.07 Å². The number of rotatable bonds is 2. The molecule has 0 aliphatic rings. The van der Waals surface area contributed by atoms with Gasteiger partial charge in [0.1, 0.15) is 5.69 Å². The number of hydrogen-bond donors (Lipinski definition) is 0. The Bertz CT molecular complexity index is 317. The number of halogens is 4. The van der Waals surface area contributed by atoms with Gasteiger partial charge in [-0.15, -0.1) is 11.6 Å². The van der Waals surface area contributed by atoms with Gasteiger partial charge in [0.15, 0.2) is 0 Å². The van der Waals surface area contributed by atoms with E-state index in [0.29, 0.717) is 15.1 Å². The summed E-state index contributed by atoms with van der Waals surface area (Å²) in [5.41, 5.74) is 1.22. The lowest BCUT2D eigenvalue weighted by atomic mass is 10.2. The minimum Gasteiger partial charge on any atom is -0.251 e. The van der Waals surface area contributed by atoms with Crippen molar-refractivity contribution in [1.29, 1.82) is 0 Å².